The number of nitrogens with one attached hydrogen (secondary N) is 1. The third-order valence-electron chi connectivity index (χ3n) is 4.23. The fourth-order valence-electron chi connectivity index (χ4n) is 2.76. The number of thiophene rings is 1. The number of anilines is 1. The van der Waals surface area contributed by atoms with Gasteiger partial charge in [0, 0.05) is 5.56 Å². The first-order chi connectivity index (χ1) is 13.5. The van der Waals surface area contributed by atoms with E-state index in [1.807, 2.05) is 43.5 Å². The number of hydrogen-bond acceptors (Lipinski definition) is 5. The summed E-state index contributed by atoms with van der Waals surface area (Å²) >= 11 is 1.29. The van der Waals surface area contributed by atoms with Gasteiger partial charge < -0.3 is 14.8 Å². The number of methoxy groups -OCH3 is 1. The molecule has 3 rings (SSSR count). The number of amides is 1. The molecule has 0 saturated carbocycles. The molecule has 0 radical (unpaired) electrons. The van der Waals surface area contributed by atoms with E-state index < -0.39 is 18.0 Å². The highest BCUT2D eigenvalue weighted by atomic mass is 32.1. The molecular formula is C22H21NO4S. The van der Waals surface area contributed by atoms with E-state index in [1.165, 1.54) is 18.4 Å². The maximum absolute atomic E-state index is 13.0. The van der Waals surface area contributed by atoms with E-state index in [-0.39, 0.29) is 0 Å². The van der Waals surface area contributed by atoms with E-state index in [2.05, 4.69) is 5.32 Å². The second kappa shape index (κ2) is 8.71. The smallest absolute Gasteiger partial charge is 0.349 e. The summed E-state index contributed by atoms with van der Waals surface area (Å²) in [6.07, 6.45) is -1.08. The van der Waals surface area contributed by atoms with Gasteiger partial charge in [0.1, 0.15) is 10.6 Å². The van der Waals surface area contributed by atoms with E-state index in [9.17, 15) is 9.59 Å². The number of hydrogen-bond donors (Lipinski definition) is 1. The molecule has 0 aliphatic heterocycles. The number of benzene rings is 2. The van der Waals surface area contributed by atoms with Crippen LogP contribution in [-0.2, 0) is 9.53 Å². The molecule has 0 bridgehead atoms. The molecule has 0 aliphatic carbocycles. The first-order valence-corrected chi connectivity index (χ1v) is 9.63. The van der Waals surface area contributed by atoms with Crippen LogP contribution in [0.25, 0.3) is 0 Å². The molecule has 3 aromatic rings. The number of rotatable bonds is 6. The van der Waals surface area contributed by atoms with E-state index in [1.54, 1.807) is 30.3 Å². The SMILES string of the molecule is COc1ccc(C)cc1NC(=O)[C@H](OC(=O)c1sccc1C)c1ccccc1. The second-order valence-electron chi connectivity index (χ2n) is 6.32. The van der Waals surface area contributed by atoms with E-state index in [0.717, 1.165) is 11.1 Å². The van der Waals surface area contributed by atoms with Gasteiger partial charge in [0.15, 0.2) is 0 Å². The third kappa shape index (κ3) is 4.40. The lowest BCUT2D eigenvalue weighted by Crippen LogP contribution is -2.26. The van der Waals surface area contributed by atoms with Crippen LogP contribution in [0.2, 0.25) is 0 Å². The van der Waals surface area contributed by atoms with Crippen molar-refractivity contribution in [1.82, 2.24) is 0 Å². The van der Waals surface area contributed by atoms with Gasteiger partial charge >= 0.3 is 5.97 Å². The first-order valence-electron chi connectivity index (χ1n) is 8.75. The minimum Gasteiger partial charge on any atom is -0.495 e. The lowest BCUT2D eigenvalue weighted by Gasteiger charge is -2.19. The number of esters is 1. The normalized spacial score (nSPS) is 11.5. The van der Waals surface area contributed by atoms with Gasteiger partial charge in [-0.2, -0.15) is 0 Å². The van der Waals surface area contributed by atoms with Gasteiger partial charge in [-0.15, -0.1) is 11.3 Å². The molecule has 1 heterocycles. The summed E-state index contributed by atoms with van der Waals surface area (Å²) in [6, 6.07) is 16.3. The van der Waals surface area contributed by atoms with Crippen molar-refractivity contribution in [3.63, 3.8) is 0 Å². The topological polar surface area (TPSA) is 64.6 Å². The highest BCUT2D eigenvalue weighted by Crippen LogP contribution is 2.29. The van der Waals surface area contributed by atoms with Crippen LogP contribution in [0.1, 0.15) is 32.5 Å². The average molecular weight is 395 g/mol. The highest BCUT2D eigenvalue weighted by Gasteiger charge is 2.27. The predicted octanol–water partition coefficient (Wildman–Crippen LogP) is 4.91. The van der Waals surface area contributed by atoms with E-state index in [0.29, 0.717) is 21.9 Å². The van der Waals surface area contributed by atoms with Crippen LogP contribution in [0.15, 0.2) is 60.0 Å². The molecule has 5 nitrogen and oxygen atoms in total. The van der Waals surface area contributed by atoms with Crippen molar-refractivity contribution in [2.75, 3.05) is 12.4 Å². The van der Waals surface area contributed by atoms with Gasteiger partial charge in [-0.3, -0.25) is 4.79 Å². The number of carbonyl (C=O) groups is 2. The Morgan fingerprint density at radius 1 is 1.04 bits per heavy atom. The summed E-state index contributed by atoms with van der Waals surface area (Å²) < 4.78 is 10.9. The number of ether oxygens (including phenoxy) is 2. The lowest BCUT2D eigenvalue weighted by molar-refractivity contribution is -0.125. The van der Waals surface area contributed by atoms with E-state index in [4.69, 9.17) is 9.47 Å². The van der Waals surface area contributed by atoms with Gasteiger partial charge in [0.05, 0.1) is 12.8 Å². The molecule has 28 heavy (non-hydrogen) atoms. The molecule has 0 aliphatic rings. The quantitative estimate of drug-likeness (QED) is 0.602. The summed E-state index contributed by atoms with van der Waals surface area (Å²) in [7, 11) is 1.54. The minimum absolute atomic E-state index is 0.447. The number of aryl methyl sites for hydroxylation is 2. The Morgan fingerprint density at radius 2 is 1.79 bits per heavy atom. The zero-order valence-corrected chi connectivity index (χ0v) is 16.7. The molecular weight excluding hydrogens is 374 g/mol. The fraction of sp³-hybridized carbons (Fsp3) is 0.182. The van der Waals surface area contributed by atoms with E-state index >= 15 is 0 Å². The molecule has 2 aromatic carbocycles. The van der Waals surface area contributed by atoms with Gasteiger partial charge in [-0.25, -0.2) is 4.79 Å². The molecule has 1 amide bonds. The number of carbonyl (C=O) groups excluding carboxylic acids is 2. The zero-order chi connectivity index (χ0) is 20.1. The van der Waals surface area contributed by atoms with Crippen LogP contribution < -0.4 is 10.1 Å². The van der Waals surface area contributed by atoms with Crippen molar-refractivity contribution in [1.29, 1.82) is 0 Å². The Kier molecular flexibility index (Phi) is 6.11. The Balaban J connectivity index is 1.89. The third-order valence-corrected chi connectivity index (χ3v) is 5.22. The molecule has 0 spiro atoms. The van der Waals surface area contributed by atoms with Gasteiger partial charge in [0.25, 0.3) is 5.91 Å². The van der Waals surface area contributed by atoms with Crippen molar-refractivity contribution >= 4 is 28.9 Å². The monoisotopic (exact) mass is 395 g/mol. The van der Waals surface area contributed by atoms with Crippen LogP contribution in [-0.4, -0.2) is 19.0 Å². The zero-order valence-electron chi connectivity index (χ0n) is 15.9. The Bertz CT molecular complexity index is 981. The summed E-state index contributed by atoms with van der Waals surface area (Å²) in [6.45, 7) is 3.76. The Hall–Kier alpha value is -3.12. The predicted molar refractivity (Wildman–Crippen MR) is 110 cm³/mol. The summed E-state index contributed by atoms with van der Waals surface area (Å²) in [5, 5.41) is 4.65. The van der Waals surface area contributed by atoms with Crippen molar-refractivity contribution in [2.24, 2.45) is 0 Å². The Morgan fingerprint density at radius 3 is 2.43 bits per heavy atom. The largest absolute Gasteiger partial charge is 0.495 e. The minimum atomic E-state index is -1.08. The standard InChI is InChI=1S/C22H21NO4S/c1-14-9-10-18(26-3)17(13-14)23-21(24)19(16-7-5-4-6-8-16)27-22(25)20-15(2)11-12-28-20/h4-13,19H,1-3H3,(H,23,24)/t19-/m1/s1. The maximum Gasteiger partial charge on any atom is 0.349 e. The van der Waals surface area contributed by atoms with Crippen molar-refractivity contribution in [3.8, 4) is 5.75 Å². The van der Waals surface area contributed by atoms with Crippen molar-refractivity contribution in [2.45, 2.75) is 20.0 Å². The molecule has 1 atom stereocenters. The molecule has 0 fully saturated rings. The van der Waals surface area contributed by atoms with Gasteiger partial charge in [0.2, 0.25) is 6.10 Å². The van der Waals surface area contributed by atoms with Crippen LogP contribution in [0.5, 0.6) is 5.75 Å². The highest BCUT2D eigenvalue weighted by molar-refractivity contribution is 7.12. The first kappa shape index (κ1) is 19.6. The average Bonchev–Trinajstić information content (AvgIpc) is 3.13. The van der Waals surface area contributed by atoms with Gasteiger partial charge in [-0.05, 0) is 48.6 Å². The molecule has 0 saturated heterocycles. The summed E-state index contributed by atoms with van der Waals surface area (Å²) in [5.74, 6) is -0.434. The lowest BCUT2D eigenvalue weighted by atomic mass is 10.1. The van der Waals surface area contributed by atoms with Gasteiger partial charge in [-0.1, -0.05) is 36.4 Å². The van der Waals surface area contributed by atoms with Crippen LogP contribution in [0.4, 0.5) is 5.69 Å². The molecule has 1 N–H and O–H groups in total. The summed E-state index contributed by atoms with van der Waals surface area (Å²) in [5.41, 5.74) is 2.91. The van der Waals surface area contributed by atoms with Crippen molar-refractivity contribution < 1.29 is 19.1 Å². The second-order valence-corrected chi connectivity index (χ2v) is 7.24. The summed E-state index contributed by atoms with van der Waals surface area (Å²) in [4.78, 5) is 26.2. The van der Waals surface area contributed by atoms with Crippen LogP contribution in [0, 0.1) is 13.8 Å². The fourth-order valence-corrected chi connectivity index (χ4v) is 3.57. The van der Waals surface area contributed by atoms with Crippen LogP contribution in [0.3, 0.4) is 0 Å². The van der Waals surface area contributed by atoms with Crippen molar-refractivity contribution in [3.05, 3.63) is 81.5 Å². The Labute approximate surface area is 167 Å². The molecule has 6 heteroatoms. The van der Waals surface area contributed by atoms with Crippen LogP contribution >= 0.6 is 11.3 Å². The molecule has 1 aromatic heterocycles. The maximum atomic E-state index is 13.0. The molecule has 144 valence electrons. The molecule has 0 unspecified atom stereocenters.